The normalized spacial score (nSPS) is 19.8. The third-order valence-electron chi connectivity index (χ3n) is 8.05. The first kappa shape index (κ1) is 28.9. The molecule has 0 fully saturated rings. The first-order valence-electron chi connectivity index (χ1n) is 12.7. The van der Waals surface area contributed by atoms with Crippen molar-refractivity contribution in [1.29, 1.82) is 0 Å². The van der Waals surface area contributed by atoms with E-state index in [0.717, 1.165) is 12.8 Å². The molecule has 0 unspecified atom stereocenters. The summed E-state index contributed by atoms with van der Waals surface area (Å²) in [4.78, 5) is 0. The molecule has 2 nitrogen and oxygen atoms in total. The zero-order valence-electron chi connectivity index (χ0n) is 23.4. The standard InChI is InChI=1S/C27H54O2Si2/c1-15-27(16-2)24(20-30(29-27,25(9,10)11)26(12,13)14)18-17-19-28-31(21(3)4,22(5)6)23(7)8/h17-18,20-23H,15-16,19H2,1-14H3/b18-17-. The minimum atomic E-state index is -2.17. The van der Waals surface area contributed by atoms with E-state index in [9.17, 15) is 0 Å². The van der Waals surface area contributed by atoms with Crippen LogP contribution < -0.4 is 0 Å². The van der Waals surface area contributed by atoms with Crippen LogP contribution in [0.5, 0.6) is 0 Å². The lowest BCUT2D eigenvalue weighted by Crippen LogP contribution is -2.54. The van der Waals surface area contributed by atoms with Crippen LogP contribution in [0.15, 0.2) is 23.4 Å². The highest BCUT2D eigenvalue weighted by molar-refractivity contribution is 6.85. The van der Waals surface area contributed by atoms with Gasteiger partial charge in [0.25, 0.3) is 0 Å². The number of rotatable bonds is 9. The summed E-state index contributed by atoms with van der Waals surface area (Å²) in [6.45, 7) is 33.7. The molecule has 0 radical (unpaired) electrons. The minimum Gasteiger partial charge on any atom is -0.412 e. The van der Waals surface area contributed by atoms with Crippen LogP contribution >= 0.6 is 0 Å². The predicted octanol–water partition coefficient (Wildman–Crippen LogP) is 9.34. The molecule has 4 heteroatoms. The van der Waals surface area contributed by atoms with Gasteiger partial charge in [-0.05, 0) is 45.1 Å². The number of hydrogen-bond donors (Lipinski definition) is 0. The molecule has 0 N–H and O–H groups in total. The van der Waals surface area contributed by atoms with E-state index in [1.54, 1.807) is 0 Å². The van der Waals surface area contributed by atoms with Crippen molar-refractivity contribution in [3.63, 3.8) is 0 Å². The van der Waals surface area contributed by atoms with Crippen LogP contribution in [-0.2, 0) is 8.85 Å². The highest BCUT2D eigenvalue weighted by atomic mass is 28.4. The average Bonchev–Trinajstić information content (AvgIpc) is 2.97. The van der Waals surface area contributed by atoms with Gasteiger partial charge >= 0.3 is 0 Å². The van der Waals surface area contributed by atoms with E-state index < -0.39 is 16.6 Å². The topological polar surface area (TPSA) is 18.5 Å². The van der Waals surface area contributed by atoms with Crippen molar-refractivity contribution in [2.75, 3.05) is 6.61 Å². The van der Waals surface area contributed by atoms with Gasteiger partial charge in [0, 0.05) is 0 Å². The van der Waals surface area contributed by atoms with Crippen molar-refractivity contribution in [2.24, 2.45) is 0 Å². The monoisotopic (exact) mass is 466 g/mol. The van der Waals surface area contributed by atoms with Crippen molar-refractivity contribution in [3.8, 4) is 0 Å². The lowest BCUT2D eigenvalue weighted by molar-refractivity contribution is 0.0897. The Morgan fingerprint density at radius 1 is 0.903 bits per heavy atom. The molecule has 0 aliphatic carbocycles. The molecule has 182 valence electrons. The molecule has 0 atom stereocenters. The fourth-order valence-electron chi connectivity index (χ4n) is 6.48. The molecule has 1 rings (SSSR count). The first-order chi connectivity index (χ1) is 14.0. The van der Waals surface area contributed by atoms with Gasteiger partial charge in [0.1, 0.15) is 0 Å². The Labute approximate surface area is 197 Å². The predicted molar refractivity (Wildman–Crippen MR) is 144 cm³/mol. The molecule has 0 saturated heterocycles. The molecule has 1 aliphatic rings. The Bertz CT molecular complexity index is 605. The Balaban J connectivity index is 3.33. The third kappa shape index (κ3) is 5.17. The zero-order valence-corrected chi connectivity index (χ0v) is 25.4. The van der Waals surface area contributed by atoms with Crippen molar-refractivity contribution in [2.45, 2.75) is 142 Å². The van der Waals surface area contributed by atoms with E-state index in [0.29, 0.717) is 23.2 Å². The van der Waals surface area contributed by atoms with Gasteiger partial charge in [-0.15, -0.1) is 0 Å². The fourth-order valence-corrected chi connectivity index (χ4v) is 17.5. The number of hydrogen-bond acceptors (Lipinski definition) is 2. The molecule has 0 aromatic rings. The molecule has 31 heavy (non-hydrogen) atoms. The van der Waals surface area contributed by atoms with Crippen molar-refractivity contribution < 1.29 is 8.85 Å². The second kappa shape index (κ2) is 9.99. The molecule has 1 heterocycles. The summed E-state index contributed by atoms with van der Waals surface area (Å²) in [6.07, 6.45) is 6.66. The van der Waals surface area contributed by atoms with E-state index in [-0.39, 0.29) is 15.7 Å². The van der Waals surface area contributed by atoms with E-state index in [1.165, 1.54) is 5.57 Å². The van der Waals surface area contributed by atoms with Crippen LogP contribution in [-0.4, -0.2) is 28.8 Å². The third-order valence-corrected chi connectivity index (χ3v) is 20.0. The second-order valence-corrected chi connectivity index (χ2v) is 23.1. The molecular weight excluding hydrogens is 412 g/mol. The van der Waals surface area contributed by atoms with E-state index in [1.807, 2.05) is 0 Å². The molecular formula is C27H54O2Si2. The van der Waals surface area contributed by atoms with Crippen LogP contribution in [0.4, 0.5) is 0 Å². The summed E-state index contributed by atoms with van der Waals surface area (Å²) in [7, 11) is -4.01. The average molecular weight is 467 g/mol. The fraction of sp³-hybridized carbons (Fsp3) is 0.852. The summed E-state index contributed by atoms with van der Waals surface area (Å²) in [5, 5.41) is 0.282. The van der Waals surface area contributed by atoms with Gasteiger partial charge in [0.2, 0.25) is 16.6 Å². The Morgan fingerprint density at radius 2 is 1.32 bits per heavy atom. The maximum atomic E-state index is 7.25. The zero-order chi connectivity index (χ0) is 24.5. The Hall–Kier alpha value is -0.166. The van der Waals surface area contributed by atoms with Gasteiger partial charge in [-0.25, -0.2) is 0 Å². The van der Waals surface area contributed by atoms with Gasteiger partial charge in [-0.3, -0.25) is 0 Å². The molecule has 0 spiro atoms. The van der Waals surface area contributed by atoms with Gasteiger partial charge in [0.15, 0.2) is 0 Å². The Morgan fingerprint density at radius 3 is 1.65 bits per heavy atom. The maximum Gasteiger partial charge on any atom is 0.229 e. The van der Waals surface area contributed by atoms with Crippen molar-refractivity contribution in [1.82, 2.24) is 0 Å². The summed E-state index contributed by atoms with van der Waals surface area (Å²) < 4.78 is 14.0. The maximum absolute atomic E-state index is 7.25. The van der Waals surface area contributed by atoms with Crippen molar-refractivity contribution in [3.05, 3.63) is 23.4 Å². The van der Waals surface area contributed by atoms with Crippen LogP contribution in [0, 0.1) is 0 Å². The van der Waals surface area contributed by atoms with E-state index in [2.05, 4.69) is 115 Å². The first-order valence-corrected chi connectivity index (χ1v) is 16.8. The summed E-state index contributed by atoms with van der Waals surface area (Å²) in [5.74, 6) is 0. The molecule has 0 amide bonds. The Kier molecular flexibility index (Phi) is 9.30. The van der Waals surface area contributed by atoms with Gasteiger partial charge in [-0.1, -0.05) is 115 Å². The lowest BCUT2D eigenvalue weighted by Gasteiger charge is -2.49. The molecule has 1 aliphatic heterocycles. The molecule has 0 aromatic heterocycles. The highest BCUT2D eigenvalue weighted by Crippen LogP contribution is 2.59. The molecule has 0 bridgehead atoms. The smallest absolute Gasteiger partial charge is 0.229 e. The SMILES string of the molecule is CCC1(CC)O[Si](C(C)(C)C)(C(C)(C)C)C=C1/C=C\CO[Si](C(C)C)(C(C)C)C(C)C. The summed E-state index contributed by atoms with van der Waals surface area (Å²) in [6, 6.07) is 0. The molecule has 0 aromatic carbocycles. The minimum absolute atomic E-state index is 0.141. The van der Waals surface area contributed by atoms with Crippen LogP contribution in [0.3, 0.4) is 0 Å². The summed E-state index contributed by atoms with van der Waals surface area (Å²) >= 11 is 0. The van der Waals surface area contributed by atoms with E-state index >= 15 is 0 Å². The van der Waals surface area contributed by atoms with Gasteiger partial charge < -0.3 is 8.85 Å². The van der Waals surface area contributed by atoms with Crippen LogP contribution in [0.2, 0.25) is 26.7 Å². The van der Waals surface area contributed by atoms with E-state index in [4.69, 9.17) is 8.85 Å². The summed E-state index contributed by atoms with van der Waals surface area (Å²) in [5.41, 5.74) is 5.66. The molecule has 0 saturated carbocycles. The van der Waals surface area contributed by atoms with Crippen molar-refractivity contribution >= 4 is 16.6 Å². The van der Waals surface area contributed by atoms with Gasteiger partial charge in [-0.2, -0.15) is 0 Å². The second-order valence-electron chi connectivity index (χ2n) is 12.7. The van der Waals surface area contributed by atoms with Gasteiger partial charge in [0.05, 0.1) is 12.2 Å². The lowest BCUT2D eigenvalue weighted by atomic mass is 9.89. The van der Waals surface area contributed by atoms with Crippen LogP contribution in [0.1, 0.15) is 110 Å². The largest absolute Gasteiger partial charge is 0.412 e. The quantitative estimate of drug-likeness (QED) is 0.315. The van der Waals surface area contributed by atoms with Crippen LogP contribution in [0.25, 0.3) is 0 Å². The highest BCUT2D eigenvalue weighted by Gasteiger charge is 2.61.